The van der Waals surface area contributed by atoms with Crippen molar-refractivity contribution in [1.29, 1.82) is 0 Å². The number of carbonyl (C=O) groups is 1. The van der Waals surface area contributed by atoms with Crippen LogP contribution in [0.1, 0.15) is 24.8 Å². The van der Waals surface area contributed by atoms with Gasteiger partial charge < -0.3 is 20.7 Å². The third kappa shape index (κ3) is 12.1. The van der Waals surface area contributed by atoms with Crippen molar-refractivity contribution in [1.82, 2.24) is 10.2 Å². The van der Waals surface area contributed by atoms with E-state index in [9.17, 15) is 4.79 Å². The molecule has 0 bridgehead atoms. The number of benzene rings is 1. The summed E-state index contributed by atoms with van der Waals surface area (Å²) >= 11 is 0. The second-order valence-corrected chi connectivity index (χ2v) is 5.32. The van der Waals surface area contributed by atoms with Crippen LogP contribution in [0, 0.1) is 0 Å². The fourth-order valence-electron chi connectivity index (χ4n) is 1.83. The number of halogens is 2. The summed E-state index contributed by atoms with van der Waals surface area (Å²) < 4.78 is 5.66. The van der Waals surface area contributed by atoms with Crippen molar-refractivity contribution in [3.05, 3.63) is 29.8 Å². The molecule has 0 aliphatic rings. The van der Waals surface area contributed by atoms with Gasteiger partial charge in [0.15, 0.2) is 0 Å². The first-order valence-electron chi connectivity index (χ1n) is 7.45. The van der Waals surface area contributed by atoms with Crippen LogP contribution in [-0.4, -0.2) is 44.6 Å². The monoisotopic (exact) mass is 365 g/mol. The topological polar surface area (TPSA) is 67.6 Å². The lowest BCUT2D eigenvalue weighted by atomic mass is 10.2. The minimum Gasteiger partial charge on any atom is -0.494 e. The van der Waals surface area contributed by atoms with Crippen LogP contribution in [0.4, 0.5) is 0 Å². The predicted octanol–water partition coefficient (Wildman–Crippen LogP) is 2.22. The normalized spacial score (nSPS) is 9.74. The fraction of sp³-hybridized carbons (Fsp3) is 0.562. The number of rotatable bonds is 10. The van der Waals surface area contributed by atoms with E-state index >= 15 is 0 Å². The van der Waals surface area contributed by atoms with Crippen molar-refractivity contribution in [2.75, 3.05) is 33.8 Å². The average molecular weight is 366 g/mol. The highest BCUT2D eigenvalue weighted by Crippen LogP contribution is 2.12. The molecule has 3 N–H and O–H groups in total. The molecular formula is C16H29Cl2N3O2. The Morgan fingerprint density at radius 2 is 1.83 bits per heavy atom. The summed E-state index contributed by atoms with van der Waals surface area (Å²) in [5.41, 5.74) is 6.44. The highest BCUT2D eigenvalue weighted by atomic mass is 35.5. The molecule has 0 saturated carbocycles. The molecule has 0 aliphatic heterocycles. The lowest BCUT2D eigenvalue weighted by molar-refractivity contribution is -0.121. The summed E-state index contributed by atoms with van der Waals surface area (Å²) in [7, 11) is 4.10. The van der Waals surface area contributed by atoms with Crippen LogP contribution in [-0.2, 0) is 11.3 Å². The van der Waals surface area contributed by atoms with Crippen LogP contribution in [0.2, 0.25) is 0 Å². The average Bonchev–Trinajstić information content (AvgIpc) is 2.48. The van der Waals surface area contributed by atoms with Gasteiger partial charge in [-0.15, -0.1) is 24.8 Å². The van der Waals surface area contributed by atoms with E-state index in [0.29, 0.717) is 26.1 Å². The first-order valence-corrected chi connectivity index (χ1v) is 7.45. The van der Waals surface area contributed by atoms with E-state index < -0.39 is 0 Å². The number of nitrogens with one attached hydrogen (secondary N) is 1. The van der Waals surface area contributed by atoms with Gasteiger partial charge in [-0.25, -0.2) is 0 Å². The SMILES string of the molecule is CN(C)CCCOc1ccc(CNC(=O)CCCN)cc1.Cl.Cl. The number of amides is 1. The molecule has 134 valence electrons. The molecule has 0 aromatic heterocycles. The summed E-state index contributed by atoms with van der Waals surface area (Å²) in [5.74, 6) is 0.913. The number of carbonyl (C=O) groups excluding carboxylic acids is 1. The van der Waals surface area contributed by atoms with Crippen LogP contribution in [0.15, 0.2) is 24.3 Å². The Labute approximate surface area is 151 Å². The highest BCUT2D eigenvalue weighted by Gasteiger charge is 2.01. The van der Waals surface area contributed by atoms with E-state index in [2.05, 4.69) is 24.3 Å². The Kier molecular flexibility index (Phi) is 15.4. The third-order valence-corrected chi connectivity index (χ3v) is 3.04. The maximum atomic E-state index is 11.5. The van der Waals surface area contributed by atoms with Crippen LogP contribution in [0.5, 0.6) is 5.75 Å². The number of nitrogens with zero attached hydrogens (tertiary/aromatic N) is 1. The van der Waals surface area contributed by atoms with Gasteiger partial charge in [0.2, 0.25) is 5.91 Å². The first-order chi connectivity index (χ1) is 10.1. The maximum absolute atomic E-state index is 11.5. The molecule has 0 atom stereocenters. The van der Waals surface area contributed by atoms with Gasteiger partial charge in [0.1, 0.15) is 5.75 Å². The largest absolute Gasteiger partial charge is 0.494 e. The quantitative estimate of drug-likeness (QED) is 0.623. The number of hydrogen-bond acceptors (Lipinski definition) is 4. The third-order valence-electron chi connectivity index (χ3n) is 3.04. The van der Waals surface area contributed by atoms with Crippen LogP contribution < -0.4 is 15.8 Å². The van der Waals surface area contributed by atoms with Gasteiger partial charge in [-0.2, -0.15) is 0 Å². The van der Waals surface area contributed by atoms with Gasteiger partial charge in [-0.05, 0) is 51.2 Å². The second-order valence-electron chi connectivity index (χ2n) is 5.32. The van der Waals surface area contributed by atoms with Crippen molar-refractivity contribution in [2.24, 2.45) is 5.73 Å². The van der Waals surface area contributed by atoms with Crippen LogP contribution in [0.3, 0.4) is 0 Å². The van der Waals surface area contributed by atoms with Gasteiger partial charge in [-0.1, -0.05) is 12.1 Å². The summed E-state index contributed by atoms with van der Waals surface area (Å²) in [6.45, 7) is 2.83. The zero-order valence-corrected chi connectivity index (χ0v) is 15.5. The van der Waals surface area contributed by atoms with E-state index in [0.717, 1.165) is 30.7 Å². The number of ether oxygens (including phenoxy) is 1. The molecule has 1 aromatic carbocycles. The Bertz CT molecular complexity index is 414. The first kappa shape index (κ1) is 24.2. The van der Waals surface area contributed by atoms with Crippen molar-refractivity contribution in [2.45, 2.75) is 25.8 Å². The minimum absolute atomic E-state index is 0. The zero-order chi connectivity index (χ0) is 15.5. The van der Waals surface area contributed by atoms with E-state index in [1.54, 1.807) is 0 Å². The summed E-state index contributed by atoms with van der Waals surface area (Å²) in [6.07, 6.45) is 2.22. The fourth-order valence-corrected chi connectivity index (χ4v) is 1.83. The number of hydrogen-bond donors (Lipinski definition) is 2. The van der Waals surface area contributed by atoms with E-state index in [-0.39, 0.29) is 30.7 Å². The maximum Gasteiger partial charge on any atom is 0.220 e. The van der Waals surface area contributed by atoms with Crippen LogP contribution >= 0.6 is 24.8 Å². The minimum atomic E-state index is 0. The second kappa shape index (κ2) is 14.6. The summed E-state index contributed by atoms with van der Waals surface area (Å²) in [5, 5.41) is 2.88. The molecule has 0 spiro atoms. The van der Waals surface area contributed by atoms with Gasteiger partial charge in [0.05, 0.1) is 6.61 Å². The Balaban J connectivity index is 0. The molecule has 1 amide bonds. The standard InChI is InChI=1S/C16H27N3O2.2ClH/c1-19(2)11-4-12-21-15-8-6-14(7-9-15)13-18-16(20)5-3-10-17;;/h6-9H,3-5,10-13,17H2,1-2H3,(H,18,20);2*1H. The summed E-state index contributed by atoms with van der Waals surface area (Å²) in [4.78, 5) is 13.6. The van der Waals surface area contributed by atoms with Crippen molar-refractivity contribution < 1.29 is 9.53 Å². The zero-order valence-electron chi connectivity index (χ0n) is 13.9. The smallest absolute Gasteiger partial charge is 0.220 e. The molecular weight excluding hydrogens is 337 g/mol. The van der Waals surface area contributed by atoms with Gasteiger partial charge in [-0.3, -0.25) is 4.79 Å². The Morgan fingerprint density at radius 3 is 2.39 bits per heavy atom. The molecule has 0 unspecified atom stereocenters. The van der Waals surface area contributed by atoms with Crippen molar-refractivity contribution in [3.8, 4) is 5.75 Å². The molecule has 0 fully saturated rings. The molecule has 0 radical (unpaired) electrons. The highest BCUT2D eigenvalue weighted by molar-refractivity contribution is 5.85. The van der Waals surface area contributed by atoms with Gasteiger partial charge in [0, 0.05) is 19.5 Å². The molecule has 0 saturated heterocycles. The lowest BCUT2D eigenvalue weighted by Gasteiger charge is -2.11. The Hall–Kier alpha value is -1.01. The van der Waals surface area contributed by atoms with E-state index in [4.69, 9.17) is 10.5 Å². The molecule has 1 aromatic rings. The van der Waals surface area contributed by atoms with Gasteiger partial charge in [0.25, 0.3) is 0 Å². The summed E-state index contributed by atoms with van der Waals surface area (Å²) in [6, 6.07) is 7.84. The Morgan fingerprint density at radius 1 is 1.17 bits per heavy atom. The molecule has 7 heteroatoms. The molecule has 23 heavy (non-hydrogen) atoms. The van der Waals surface area contributed by atoms with E-state index in [1.165, 1.54) is 0 Å². The molecule has 1 rings (SSSR count). The van der Waals surface area contributed by atoms with Crippen LogP contribution in [0.25, 0.3) is 0 Å². The predicted molar refractivity (Wildman–Crippen MR) is 99.7 cm³/mol. The number of nitrogens with two attached hydrogens (primary N) is 1. The molecule has 0 aliphatic carbocycles. The molecule has 0 heterocycles. The van der Waals surface area contributed by atoms with Crippen molar-refractivity contribution >= 4 is 30.7 Å². The lowest BCUT2D eigenvalue weighted by Crippen LogP contribution is -2.23. The van der Waals surface area contributed by atoms with E-state index in [1.807, 2.05) is 24.3 Å². The van der Waals surface area contributed by atoms with Crippen molar-refractivity contribution in [3.63, 3.8) is 0 Å². The molecule has 5 nitrogen and oxygen atoms in total. The van der Waals surface area contributed by atoms with Gasteiger partial charge >= 0.3 is 0 Å².